The summed E-state index contributed by atoms with van der Waals surface area (Å²) < 4.78 is 10.6. The standard InChI is InChI=1S/C17H22N2O4/c1-2-22-17(21)13-5-6-15-14(9-13)19(7-8-23-15)11-16(20)18-10-12-3-4-12/h5-6,9,12H,2-4,7-8,10-11H2,1H3,(H,18,20). The van der Waals surface area contributed by atoms with E-state index in [4.69, 9.17) is 9.47 Å². The van der Waals surface area contributed by atoms with Crippen LogP contribution in [0.2, 0.25) is 0 Å². The third-order valence-electron chi connectivity index (χ3n) is 4.05. The van der Waals surface area contributed by atoms with Crippen LogP contribution in [0.15, 0.2) is 18.2 Å². The molecular weight excluding hydrogens is 296 g/mol. The van der Waals surface area contributed by atoms with E-state index >= 15 is 0 Å². The second kappa shape index (κ2) is 6.89. The van der Waals surface area contributed by atoms with Gasteiger partial charge in [0, 0.05) is 6.54 Å². The largest absolute Gasteiger partial charge is 0.490 e. The highest BCUT2D eigenvalue weighted by Gasteiger charge is 2.24. The SMILES string of the molecule is CCOC(=O)c1ccc2c(c1)N(CC(=O)NCC1CC1)CCO2. The molecule has 0 bridgehead atoms. The molecule has 0 spiro atoms. The monoisotopic (exact) mass is 318 g/mol. The van der Waals surface area contributed by atoms with Crippen molar-refractivity contribution in [3.8, 4) is 5.75 Å². The minimum absolute atomic E-state index is 0.00582. The zero-order valence-corrected chi connectivity index (χ0v) is 13.3. The lowest BCUT2D eigenvalue weighted by Gasteiger charge is -2.31. The molecule has 6 nitrogen and oxygen atoms in total. The Morgan fingerprint density at radius 3 is 2.96 bits per heavy atom. The van der Waals surface area contributed by atoms with Crippen LogP contribution in [0.4, 0.5) is 5.69 Å². The van der Waals surface area contributed by atoms with Crippen LogP contribution in [0.1, 0.15) is 30.1 Å². The van der Waals surface area contributed by atoms with E-state index in [0.29, 0.717) is 37.0 Å². The molecule has 0 radical (unpaired) electrons. The summed E-state index contributed by atoms with van der Waals surface area (Å²) in [5, 5.41) is 2.97. The number of amides is 1. The first kappa shape index (κ1) is 15.6. The van der Waals surface area contributed by atoms with E-state index in [1.807, 2.05) is 4.90 Å². The first-order valence-electron chi connectivity index (χ1n) is 8.13. The van der Waals surface area contributed by atoms with E-state index in [-0.39, 0.29) is 18.4 Å². The molecule has 23 heavy (non-hydrogen) atoms. The fourth-order valence-electron chi connectivity index (χ4n) is 2.59. The molecule has 1 aromatic carbocycles. The van der Waals surface area contributed by atoms with Gasteiger partial charge in [-0.3, -0.25) is 4.79 Å². The lowest BCUT2D eigenvalue weighted by atomic mass is 10.1. The predicted octanol–water partition coefficient (Wildman–Crippen LogP) is 1.59. The van der Waals surface area contributed by atoms with Crippen molar-refractivity contribution in [3.63, 3.8) is 0 Å². The third kappa shape index (κ3) is 3.94. The number of nitrogens with zero attached hydrogens (tertiary/aromatic N) is 1. The number of nitrogens with one attached hydrogen (secondary N) is 1. The second-order valence-corrected chi connectivity index (χ2v) is 5.92. The van der Waals surface area contributed by atoms with Crippen molar-refractivity contribution >= 4 is 17.6 Å². The zero-order valence-electron chi connectivity index (χ0n) is 13.3. The number of hydrogen-bond donors (Lipinski definition) is 1. The predicted molar refractivity (Wildman–Crippen MR) is 85.8 cm³/mol. The molecule has 0 aromatic heterocycles. The molecule has 1 fully saturated rings. The van der Waals surface area contributed by atoms with Gasteiger partial charge in [0.2, 0.25) is 5.91 Å². The van der Waals surface area contributed by atoms with E-state index in [1.54, 1.807) is 25.1 Å². The quantitative estimate of drug-likeness (QED) is 0.807. The van der Waals surface area contributed by atoms with Gasteiger partial charge in [-0.1, -0.05) is 0 Å². The average Bonchev–Trinajstić information content (AvgIpc) is 3.37. The molecule has 1 aliphatic carbocycles. The minimum Gasteiger partial charge on any atom is -0.490 e. The molecule has 1 aromatic rings. The fraction of sp³-hybridized carbons (Fsp3) is 0.529. The van der Waals surface area contributed by atoms with Crippen LogP contribution in [0.5, 0.6) is 5.75 Å². The van der Waals surface area contributed by atoms with Crippen LogP contribution < -0.4 is 15.0 Å². The number of carbonyl (C=O) groups excluding carboxylic acids is 2. The first-order chi connectivity index (χ1) is 11.2. The Morgan fingerprint density at radius 1 is 1.39 bits per heavy atom. The third-order valence-corrected chi connectivity index (χ3v) is 4.05. The molecule has 3 rings (SSSR count). The van der Waals surface area contributed by atoms with E-state index in [9.17, 15) is 9.59 Å². The van der Waals surface area contributed by atoms with Crippen molar-refractivity contribution in [1.29, 1.82) is 0 Å². The normalized spacial score (nSPS) is 16.3. The molecule has 0 unspecified atom stereocenters. The lowest BCUT2D eigenvalue weighted by molar-refractivity contribution is -0.119. The highest BCUT2D eigenvalue weighted by molar-refractivity contribution is 5.92. The van der Waals surface area contributed by atoms with Gasteiger partial charge in [0.05, 0.1) is 30.9 Å². The molecule has 2 aliphatic rings. The summed E-state index contributed by atoms with van der Waals surface area (Å²) in [6.45, 7) is 4.29. The maximum absolute atomic E-state index is 12.1. The molecule has 1 aliphatic heterocycles. The molecule has 0 atom stereocenters. The number of fused-ring (bicyclic) bond motifs is 1. The van der Waals surface area contributed by atoms with Gasteiger partial charge < -0.3 is 19.7 Å². The number of rotatable bonds is 6. The van der Waals surface area contributed by atoms with Crippen LogP contribution in [-0.2, 0) is 9.53 Å². The van der Waals surface area contributed by atoms with Crippen molar-refractivity contribution in [2.45, 2.75) is 19.8 Å². The molecule has 1 saturated carbocycles. The summed E-state index contributed by atoms with van der Waals surface area (Å²) in [5.74, 6) is 0.996. The zero-order chi connectivity index (χ0) is 16.2. The molecule has 124 valence electrons. The van der Waals surface area contributed by atoms with Gasteiger partial charge in [-0.2, -0.15) is 0 Å². The topological polar surface area (TPSA) is 67.9 Å². The number of anilines is 1. The Bertz CT molecular complexity index is 598. The molecular formula is C17H22N2O4. The number of benzene rings is 1. The van der Waals surface area contributed by atoms with Gasteiger partial charge in [-0.05, 0) is 43.9 Å². The van der Waals surface area contributed by atoms with Crippen molar-refractivity contribution in [2.75, 3.05) is 37.7 Å². The number of ether oxygens (including phenoxy) is 2. The first-order valence-corrected chi connectivity index (χ1v) is 8.13. The minimum atomic E-state index is -0.362. The van der Waals surface area contributed by atoms with Gasteiger partial charge >= 0.3 is 5.97 Å². The smallest absolute Gasteiger partial charge is 0.338 e. The van der Waals surface area contributed by atoms with Crippen LogP contribution in [0, 0.1) is 5.92 Å². The van der Waals surface area contributed by atoms with E-state index in [0.717, 1.165) is 12.2 Å². The highest BCUT2D eigenvalue weighted by atomic mass is 16.5. The van der Waals surface area contributed by atoms with Gasteiger partial charge in [-0.25, -0.2) is 4.79 Å². The van der Waals surface area contributed by atoms with Crippen LogP contribution in [0.3, 0.4) is 0 Å². The van der Waals surface area contributed by atoms with Crippen molar-refractivity contribution in [1.82, 2.24) is 5.32 Å². The summed E-state index contributed by atoms with van der Waals surface area (Å²) in [6, 6.07) is 5.18. The van der Waals surface area contributed by atoms with E-state index in [1.165, 1.54) is 12.8 Å². The number of hydrogen-bond acceptors (Lipinski definition) is 5. The van der Waals surface area contributed by atoms with Gasteiger partial charge in [-0.15, -0.1) is 0 Å². The maximum atomic E-state index is 12.1. The Morgan fingerprint density at radius 2 is 2.22 bits per heavy atom. The average molecular weight is 318 g/mol. The second-order valence-electron chi connectivity index (χ2n) is 5.92. The van der Waals surface area contributed by atoms with E-state index in [2.05, 4.69) is 5.32 Å². The Kier molecular flexibility index (Phi) is 4.69. The van der Waals surface area contributed by atoms with E-state index < -0.39 is 0 Å². The van der Waals surface area contributed by atoms with Crippen LogP contribution in [-0.4, -0.2) is 44.7 Å². The Labute approximate surface area is 135 Å². The molecule has 1 N–H and O–H groups in total. The number of carbonyl (C=O) groups is 2. The lowest BCUT2D eigenvalue weighted by Crippen LogP contribution is -2.41. The van der Waals surface area contributed by atoms with Gasteiger partial charge in [0.1, 0.15) is 12.4 Å². The molecule has 0 saturated heterocycles. The summed E-state index contributed by atoms with van der Waals surface area (Å²) in [4.78, 5) is 25.9. The highest BCUT2D eigenvalue weighted by Crippen LogP contribution is 2.32. The van der Waals surface area contributed by atoms with Crippen LogP contribution >= 0.6 is 0 Å². The summed E-state index contributed by atoms with van der Waals surface area (Å²) in [6.07, 6.45) is 2.42. The summed E-state index contributed by atoms with van der Waals surface area (Å²) in [7, 11) is 0. The van der Waals surface area contributed by atoms with Crippen molar-refractivity contribution in [2.24, 2.45) is 5.92 Å². The maximum Gasteiger partial charge on any atom is 0.338 e. The number of esters is 1. The Hall–Kier alpha value is -2.24. The molecule has 1 heterocycles. The molecule has 6 heteroatoms. The van der Waals surface area contributed by atoms with Gasteiger partial charge in [0.25, 0.3) is 0 Å². The Balaban J connectivity index is 1.69. The fourth-order valence-corrected chi connectivity index (χ4v) is 2.59. The van der Waals surface area contributed by atoms with Gasteiger partial charge in [0.15, 0.2) is 0 Å². The summed E-state index contributed by atoms with van der Waals surface area (Å²) in [5.41, 5.74) is 1.24. The van der Waals surface area contributed by atoms with Crippen molar-refractivity contribution < 1.29 is 19.1 Å². The van der Waals surface area contributed by atoms with Crippen molar-refractivity contribution in [3.05, 3.63) is 23.8 Å². The summed E-state index contributed by atoms with van der Waals surface area (Å²) >= 11 is 0. The molecule has 1 amide bonds. The van der Waals surface area contributed by atoms with Crippen LogP contribution in [0.25, 0.3) is 0 Å².